The third-order valence-electron chi connectivity index (χ3n) is 5.56. The van der Waals surface area contributed by atoms with Gasteiger partial charge in [0, 0.05) is 29.9 Å². The Labute approximate surface area is 201 Å². The Morgan fingerprint density at radius 1 is 1.09 bits per heavy atom. The van der Waals surface area contributed by atoms with Gasteiger partial charge in [-0.1, -0.05) is 35.4 Å². The van der Waals surface area contributed by atoms with E-state index in [1.165, 1.54) is 12.4 Å². The Morgan fingerprint density at radius 2 is 2.03 bits per heavy atom. The minimum atomic E-state index is -0.241. The fraction of sp³-hybridized carbons (Fsp3) is 0.111. The van der Waals surface area contributed by atoms with Crippen LogP contribution >= 0.6 is 11.6 Å². The number of halogens is 2. The lowest BCUT2D eigenvalue weighted by Gasteiger charge is -2.13. The molecule has 170 valence electrons. The number of hydrogen-bond donors (Lipinski definition) is 2. The van der Waals surface area contributed by atoms with Gasteiger partial charge in [0.2, 0.25) is 0 Å². The molecule has 5 rings (SSSR count). The molecule has 4 aromatic rings. The van der Waals surface area contributed by atoms with Gasteiger partial charge in [-0.2, -0.15) is 0 Å². The third-order valence-corrected chi connectivity index (χ3v) is 5.85. The molecular formula is C27H22ClFN4O. The predicted molar refractivity (Wildman–Crippen MR) is 135 cm³/mol. The number of rotatable bonds is 7. The number of nitrogens with one attached hydrogen (secondary N) is 2. The van der Waals surface area contributed by atoms with Crippen molar-refractivity contribution in [2.75, 3.05) is 11.9 Å². The summed E-state index contributed by atoms with van der Waals surface area (Å²) in [7, 11) is 0. The van der Waals surface area contributed by atoms with Gasteiger partial charge in [-0.3, -0.25) is 0 Å². The number of hydrogen-bond acceptors (Lipinski definition) is 4. The molecule has 0 saturated carbocycles. The maximum atomic E-state index is 13.6. The second-order valence-corrected chi connectivity index (χ2v) is 8.32. The average Bonchev–Trinajstić information content (AvgIpc) is 3.30. The minimum Gasteiger partial charge on any atom is -0.492 e. The second-order valence-electron chi connectivity index (χ2n) is 7.91. The van der Waals surface area contributed by atoms with Crippen LogP contribution < -0.4 is 10.1 Å². The van der Waals surface area contributed by atoms with E-state index >= 15 is 0 Å². The molecule has 2 N–H and O–H groups in total. The highest BCUT2D eigenvalue weighted by molar-refractivity contribution is 6.32. The molecule has 2 aromatic carbocycles. The lowest BCUT2D eigenvalue weighted by Crippen LogP contribution is -2.01. The Morgan fingerprint density at radius 3 is 2.88 bits per heavy atom. The zero-order valence-electron chi connectivity index (χ0n) is 18.3. The van der Waals surface area contributed by atoms with Gasteiger partial charge >= 0.3 is 0 Å². The van der Waals surface area contributed by atoms with Crippen LogP contribution in [0.2, 0.25) is 5.02 Å². The van der Waals surface area contributed by atoms with Gasteiger partial charge in [0.25, 0.3) is 0 Å². The fourth-order valence-electron chi connectivity index (χ4n) is 3.82. The molecule has 34 heavy (non-hydrogen) atoms. The van der Waals surface area contributed by atoms with Gasteiger partial charge in [0.15, 0.2) is 0 Å². The van der Waals surface area contributed by atoms with E-state index in [9.17, 15) is 4.39 Å². The van der Waals surface area contributed by atoms with Gasteiger partial charge in [-0.15, -0.1) is 0 Å². The topological polar surface area (TPSA) is 62.8 Å². The summed E-state index contributed by atoms with van der Waals surface area (Å²) in [6.45, 7) is 0.415. The van der Waals surface area contributed by atoms with Crippen LogP contribution in [0.1, 0.15) is 12.8 Å². The minimum absolute atomic E-state index is 0.241. The number of aromatic amines is 1. The number of fused-ring (bicyclic) bond motifs is 1. The Balaban J connectivity index is 1.30. The summed E-state index contributed by atoms with van der Waals surface area (Å²) in [5.41, 5.74) is 4.77. The van der Waals surface area contributed by atoms with E-state index in [-0.39, 0.29) is 5.83 Å². The van der Waals surface area contributed by atoms with Crippen LogP contribution in [-0.2, 0) is 0 Å². The largest absolute Gasteiger partial charge is 0.492 e. The molecule has 0 amide bonds. The lowest BCUT2D eigenvalue weighted by molar-refractivity contribution is 0.321. The van der Waals surface area contributed by atoms with Gasteiger partial charge in [-0.05, 0) is 66.1 Å². The highest BCUT2D eigenvalue weighted by Gasteiger charge is 2.10. The van der Waals surface area contributed by atoms with Crippen molar-refractivity contribution in [1.82, 2.24) is 15.0 Å². The van der Waals surface area contributed by atoms with Crippen LogP contribution in [0, 0.1) is 0 Å². The first-order chi connectivity index (χ1) is 16.7. The number of benzene rings is 2. The van der Waals surface area contributed by atoms with Gasteiger partial charge < -0.3 is 15.0 Å². The maximum absolute atomic E-state index is 13.6. The molecule has 0 fully saturated rings. The van der Waals surface area contributed by atoms with E-state index < -0.39 is 0 Å². The smallest absolute Gasteiger partial charge is 0.141 e. The molecule has 2 heterocycles. The first kappa shape index (κ1) is 21.9. The summed E-state index contributed by atoms with van der Waals surface area (Å²) in [6.07, 6.45) is 13.4. The van der Waals surface area contributed by atoms with Crippen LogP contribution in [0.25, 0.3) is 22.0 Å². The lowest BCUT2D eigenvalue weighted by atomic mass is 10.1. The summed E-state index contributed by atoms with van der Waals surface area (Å²) in [4.78, 5) is 11.9. The van der Waals surface area contributed by atoms with Crippen LogP contribution in [-0.4, -0.2) is 21.6 Å². The van der Waals surface area contributed by atoms with E-state index in [0.29, 0.717) is 36.0 Å². The van der Waals surface area contributed by atoms with Gasteiger partial charge in [0.1, 0.15) is 23.7 Å². The average molecular weight is 473 g/mol. The van der Waals surface area contributed by atoms with E-state index in [1.807, 2.05) is 48.8 Å². The summed E-state index contributed by atoms with van der Waals surface area (Å²) in [6, 6.07) is 13.6. The predicted octanol–water partition coefficient (Wildman–Crippen LogP) is 7.53. The van der Waals surface area contributed by atoms with Crippen molar-refractivity contribution in [3.8, 4) is 16.9 Å². The van der Waals surface area contributed by atoms with Crippen LogP contribution in [0.4, 0.5) is 15.9 Å². The summed E-state index contributed by atoms with van der Waals surface area (Å²) in [5.74, 6) is 1.03. The zero-order valence-corrected chi connectivity index (χ0v) is 19.0. The van der Waals surface area contributed by atoms with Crippen molar-refractivity contribution in [3.05, 3.63) is 102 Å². The molecule has 7 heteroatoms. The maximum Gasteiger partial charge on any atom is 0.141 e. The number of H-pyrrole nitrogens is 1. The quantitative estimate of drug-likeness (QED) is 0.292. The van der Waals surface area contributed by atoms with Crippen LogP contribution in [0.15, 0.2) is 96.9 Å². The molecule has 0 atom stereocenters. The van der Waals surface area contributed by atoms with Crippen molar-refractivity contribution in [2.45, 2.75) is 12.8 Å². The molecule has 0 aliphatic heterocycles. The van der Waals surface area contributed by atoms with Crippen molar-refractivity contribution >= 4 is 34.0 Å². The molecule has 5 nitrogen and oxygen atoms in total. The molecule has 0 radical (unpaired) electrons. The second kappa shape index (κ2) is 9.93. The molecule has 0 unspecified atom stereocenters. The fourth-order valence-corrected chi connectivity index (χ4v) is 4.05. The monoisotopic (exact) mass is 472 g/mol. The number of nitrogens with zero attached hydrogens (tertiary/aromatic N) is 2. The number of ether oxygens (including phenoxy) is 1. The molecule has 2 aromatic heterocycles. The summed E-state index contributed by atoms with van der Waals surface area (Å²) >= 11 is 6.48. The number of allylic oxidation sites excluding steroid dienone is 5. The highest BCUT2D eigenvalue weighted by atomic mass is 35.5. The Bertz CT molecular complexity index is 1410. The van der Waals surface area contributed by atoms with E-state index in [1.54, 1.807) is 18.2 Å². The third kappa shape index (κ3) is 5.02. The van der Waals surface area contributed by atoms with Crippen LogP contribution in [0.5, 0.6) is 5.75 Å². The van der Waals surface area contributed by atoms with Crippen molar-refractivity contribution in [1.29, 1.82) is 0 Å². The first-order valence-corrected chi connectivity index (χ1v) is 11.3. The molecule has 1 aliphatic rings. The molecular weight excluding hydrogens is 451 g/mol. The Kier molecular flexibility index (Phi) is 6.40. The SMILES string of the molecule is FC1=CC=CCC(CCOc2ccc(Nc3ncnc4ccc(-c5cc[nH]c5)cc34)cc2Cl)=C1. The zero-order chi connectivity index (χ0) is 23.3. The Hall–Kier alpha value is -3.90. The van der Waals surface area contributed by atoms with E-state index in [0.717, 1.165) is 33.3 Å². The highest BCUT2D eigenvalue weighted by Crippen LogP contribution is 2.32. The molecule has 0 bridgehead atoms. The van der Waals surface area contributed by atoms with Crippen molar-refractivity contribution in [2.24, 2.45) is 0 Å². The first-order valence-electron chi connectivity index (χ1n) is 10.9. The summed E-state index contributed by atoms with van der Waals surface area (Å²) in [5, 5.41) is 4.73. The normalized spacial score (nSPS) is 13.4. The molecule has 0 spiro atoms. The van der Waals surface area contributed by atoms with Gasteiger partial charge in [-0.25, -0.2) is 14.4 Å². The summed E-state index contributed by atoms with van der Waals surface area (Å²) < 4.78 is 19.4. The number of anilines is 2. The van der Waals surface area contributed by atoms with E-state index in [2.05, 4.69) is 26.3 Å². The number of aromatic nitrogens is 3. The molecule has 1 aliphatic carbocycles. The standard InChI is InChI=1S/C27H22ClFN4O/c28-24-15-22(6-8-26(24)34-12-10-18-3-1-2-4-21(29)13-18)33-27-23-14-19(20-9-11-30-16-20)5-7-25(23)31-17-32-27/h1-2,4-9,11,13-17,30H,3,10,12H2,(H,31,32,33). The van der Waals surface area contributed by atoms with Crippen LogP contribution in [0.3, 0.4) is 0 Å². The van der Waals surface area contributed by atoms with Crippen molar-refractivity contribution < 1.29 is 9.13 Å². The van der Waals surface area contributed by atoms with E-state index in [4.69, 9.17) is 16.3 Å². The van der Waals surface area contributed by atoms with Crippen molar-refractivity contribution in [3.63, 3.8) is 0 Å². The molecule has 0 saturated heterocycles. The van der Waals surface area contributed by atoms with Gasteiger partial charge in [0.05, 0.1) is 17.1 Å².